The van der Waals surface area contributed by atoms with Gasteiger partial charge in [-0.2, -0.15) is 18.2 Å². The van der Waals surface area contributed by atoms with Gasteiger partial charge in [0.05, 0.1) is 12.3 Å². The molecule has 3 rings (SSSR count). The first-order valence-corrected chi connectivity index (χ1v) is 9.40. The number of anilines is 1. The summed E-state index contributed by atoms with van der Waals surface area (Å²) in [6, 6.07) is 8.17. The van der Waals surface area contributed by atoms with E-state index in [1.165, 1.54) is 6.08 Å². The number of nitrogens with one attached hydrogen (secondary N) is 1. The van der Waals surface area contributed by atoms with E-state index in [9.17, 15) is 22.8 Å². The molecule has 1 aromatic carbocycles. The first-order valence-electron chi connectivity index (χ1n) is 9.40. The topological polar surface area (TPSA) is 78.5 Å². The van der Waals surface area contributed by atoms with E-state index >= 15 is 0 Å². The van der Waals surface area contributed by atoms with E-state index < -0.39 is 17.6 Å². The number of amides is 1. The van der Waals surface area contributed by atoms with Crippen molar-refractivity contribution in [3.63, 3.8) is 0 Å². The van der Waals surface area contributed by atoms with Gasteiger partial charge in [0.1, 0.15) is 5.69 Å². The van der Waals surface area contributed by atoms with Crippen LogP contribution < -0.4 is 10.6 Å². The number of halogens is 3. The summed E-state index contributed by atoms with van der Waals surface area (Å²) < 4.78 is 43.7. The van der Waals surface area contributed by atoms with Gasteiger partial charge in [-0.15, -0.1) is 0 Å². The number of piperazine rings is 1. The lowest BCUT2D eigenvalue weighted by molar-refractivity contribution is -0.141. The van der Waals surface area contributed by atoms with Gasteiger partial charge in [-0.25, -0.2) is 9.59 Å². The molecule has 1 aromatic heterocycles. The van der Waals surface area contributed by atoms with Crippen LogP contribution in [0.2, 0.25) is 0 Å². The van der Waals surface area contributed by atoms with Crippen molar-refractivity contribution in [3.8, 4) is 0 Å². The zero-order chi connectivity index (χ0) is 21.7. The van der Waals surface area contributed by atoms with Crippen LogP contribution in [0.4, 0.5) is 23.7 Å². The number of hydrogen-bond donors (Lipinski definition) is 1. The summed E-state index contributed by atoms with van der Waals surface area (Å²) in [6.07, 6.45) is -2.01. The Morgan fingerprint density at radius 3 is 2.57 bits per heavy atom. The number of carbonyl (C=O) groups excluding carboxylic acids is 1. The third-order valence-corrected chi connectivity index (χ3v) is 4.59. The highest BCUT2D eigenvalue weighted by Gasteiger charge is 2.32. The molecule has 0 atom stereocenters. The first-order chi connectivity index (χ1) is 14.3. The number of ether oxygens (including phenoxy) is 1. The molecule has 1 amide bonds. The number of benzene rings is 1. The van der Waals surface area contributed by atoms with E-state index in [2.05, 4.69) is 9.88 Å². The van der Waals surface area contributed by atoms with Gasteiger partial charge in [0, 0.05) is 31.9 Å². The Morgan fingerprint density at radius 2 is 1.90 bits per heavy atom. The number of hydrogen-bond acceptors (Lipinski definition) is 5. The first kappa shape index (κ1) is 21.4. The number of alkyl halides is 3. The van der Waals surface area contributed by atoms with Crippen LogP contribution in [0, 0.1) is 0 Å². The number of H-pyrrole nitrogens is 1. The molecule has 0 unspecified atom stereocenters. The van der Waals surface area contributed by atoms with Gasteiger partial charge in [0.15, 0.2) is 0 Å². The zero-order valence-corrected chi connectivity index (χ0v) is 16.3. The Hall–Kier alpha value is -3.30. The maximum atomic E-state index is 12.9. The smallest absolute Gasteiger partial charge is 0.431 e. The van der Waals surface area contributed by atoms with Crippen molar-refractivity contribution in [3.05, 3.63) is 57.8 Å². The maximum absolute atomic E-state index is 12.9. The molecule has 1 fully saturated rings. The minimum atomic E-state index is -4.67. The summed E-state index contributed by atoms with van der Waals surface area (Å²) in [6.45, 7) is 4.25. The fraction of sp³-hybridized carbons (Fsp3) is 0.350. The number of nitrogens with zero attached hydrogens (tertiary/aromatic N) is 3. The number of carbonyl (C=O) groups is 1. The van der Waals surface area contributed by atoms with Crippen LogP contribution in [-0.2, 0) is 10.9 Å². The van der Waals surface area contributed by atoms with Crippen molar-refractivity contribution in [1.29, 1.82) is 0 Å². The fourth-order valence-corrected chi connectivity index (χ4v) is 3.15. The highest BCUT2D eigenvalue weighted by Crippen LogP contribution is 2.28. The second-order valence-electron chi connectivity index (χ2n) is 6.59. The normalized spacial score (nSPS) is 14.9. The third kappa shape index (κ3) is 5.19. The van der Waals surface area contributed by atoms with Crippen molar-refractivity contribution in [2.45, 2.75) is 13.1 Å². The molecule has 1 aliphatic rings. The molecule has 0 saturated carbocycles. The number of para-hydroxylation sites is 1. The van der Waals surface area contributed by atoms with Crippen LogP contribution in [0.15, 0.2) is 35.1 Å². The van der Waals surface area contributed by atoms with Gasteiger partial charge >= 0.3 is 18.0 Å². The summed E-state index contributed by atoms with van der Waals surface area (Å²) in [7, 11) is 0. The SMILES string of the molecule is CCOC(=O)N1CCN(c2ccccc2/C=C/c2cc(C(F)(F)F)[nH]c(=O)n2)CC1. The van der Waals surface area contributed by atoms with E-state index in [-0.39, 0.29) is 11.8 Å². The van der Waals surface area contributed by atoms with Gasteiger partial charge in [0.2, 0.25) is 0 Å². The number of aromatic amines is 1. The summed E-state index contributed by atoms with van der Waals surface area (Å²) in [4.78, 5) is 32.3. The lowest BCUT2D eigenvalue weighted by Gasteiger charge is -2.36. The van der Waals surface area contributed by atoms with Crippen LogP contribution in [0.5, 0.6) is 0 Å². The van der Waals surface area contributed by atoms with Gasteiger partial charge in [0.25, 0.3) is 0 Å². The van der Waals surface area contributed by atoms with Crippen molar-refractivity contribution in [2.75, 3.05) is 37.7 Å². The molecule has 160 valence electrons. The van der Waals surface area contributed by atoms with Crippen LogP contribution >= 0.6 is 0 Å². The molecule has 0 bridgehead atoms. The van der Waals surface area contributed by atoms with Crippen molar-refractivity contribution in [2.24, 2.45) is 0 Å². The minimum absolute atomic E-state index is 0.0898. The Morgan fingerprint density at radius 1 is 1.20 bits per heavy atom. The van der Waals surface area contributed by atoms with Gasteiger partial charge in [-0.3, -0.25) is 0 Å². The molecular formula is C20H21F3N4O3. The standard InChI is InChI=1S/C20H21F3N4O3/c1-2-30-19(29)27-11-9-26(10-12-27)16-6-4-3-5-14(16)7-8-15-13-17(20(21,22)23)25-18(28)24-15/h3-8,13H,2,9-12H2,1H3,(H,24,25,28)/b8-7+. The molecule has 0 radical (unpaired) electrons. The second-order valence-corrected chi connectivity index (χ2v) is 6.59. The Balaban J connectivity index is 1.78. The Bertz CT molecular complexity index is 980. The molecule has 10 heteroatoms. The van der Waals surface area contributed by atoms with E-state index in [1.54, 1.807) is 22.9 Å². The third-order valence-electron chi connectivity index (χ3n) is 4.59. The lowest BCUT2D eigenvalue weighted by atomic mass is 10.1. The largest absolute Gasteiger partial charge is 0.450 e. The molecule has 0 spiro atoms. The maximum Gasteiger partial charge on any atom is 0.431 e. The van der Waals surface area contributed by atoms with Crippen molar-refractivity contribution >= 4 is 23.9 Å². The summed E-state index contributed by atoms with van der Waals surface area (Å²) in [5, 5.41) is 0. The monoisotopic (exact) mass is 422 g/mol. The molecule has 1 N–H and O–H groups in total. The molecule has 0 aliphatic carbocycles. The molecule has 1 aliphatic heterocycles. The average molecular weight is 422 g/mol. The zero-order valence-electron chi connectivity index (χ0n) is 16.3. The summed E-state index contributed by atoms with van der Waals surface area (Å²) in [5.74, 6) is 0. The van der Waals surface area contributed by atoms with Gasteiger partial charge < -0.3 is 19.5 Å². The molecule has 2 heterocycles. The average Bonchev–Trinajstić information content (AvgIpc) is 2.72. The lowest BCUT2D eigenvalue weighted by Crippen LogP contribution is -2.49. The predicted molar refractivity (Wildman–Crippen MR) is 106 cm³/mol. The number of rotatable bonds is 4. The highest BCUT2D eigenvalue weighted by atomic mass is 19.4. The van der Waals surface area contributed by atoms with Crippen LogP contribution in [0.1, 0.15) is 23.9 Å². The van der Waals surface area contributed by atoms with Gasteiger partial charge in [-0.1, -0.05) is 24.3 Å². The molecule has 7 nitrogen and oxygen atoms in total. The summed E-state index contributed by atoms with van der Waals surface area (Å²) in [5.41, 5.74) is -0.665. The van der Waals surface area contributed by atoms with E-state index in [1.807, 2.05) is 24.3 Å². The predicted octanol–water partition coefficient (Wildman–Crippen LogP) is 3.24. The number of aromatic nitrogens is 2. The minimum Gasteiger partial charge on any atom is -0.450 e. The van der Waals surface area contributed by atoms with E-state index in [4.69, 9.17) is 4.74 Å². The van der Waals surface area contributed by atoms with Gasteiger partial charge in [-0.05, 0) is 30.7 Å². The van der Waals surface area contributed by atoms with E-state index in [0.717, 1.165) is 17.3 Å². The fourth-order valence-electron chi connectivity index (χ4n) is 3.15. The molecule has 30 heavy (non-hydrogen) atoms. The molecular weight excluding hydrogens is 401 g/mol. The van der Waals surface area contributed by atoms with Crippen LogP contribution in [-0.4, -0.2) is 53.7 Å². The van der Waals surface area contributed by atoms with E-state index in [0.29, 0.717) is 32.8 Å². The Kier molecular flexibility index (Phi) is 6.43. The van der Waals surface area contributed by atoms with Crippen molar-refractivity contribution < 1.29 is 22.7 Å². The van der Waals surface area contributed by atoms with Crippen molar-refractivity contribution in [1.82, 2.24) is 14.9 Å². The van der Waals surface area contributed by atoms with Crippen LogP contribution in [0.3, 0.4) is 0 Å². The molecule has 2 aromatic rings. The second kappa shape index (κ2) is 9.02. The molecule has 1 saturated heterocycles. The quantitative estimate of drug-likeness (QED) is 0.819. The highest BCUT2D eigenvalue weighted by molar-refractivity contribution is 5.76. The Labute approximate surface area is 170 Å². The summed E-state index contributed by atoms with van der Waals surface area (Å²) >= 11 is 0. The van der Waals surface area contributed by atoms with Crippen LogP contribution in [0.25, 0.3) is 12.2 Å².